The molecular weight excluding hydrogens is 320 g/mol. The predicted octanol–water partition coefficient (Wildman–Crippen LogP) is -0.0668. The number of nitrogens with zero attached hydrogens (tertiary/aromatic N) is 3. The van der Waals surface area contributed by atoms with Gasteiger partial charge in [-0.25, -0.2) is 13.2 Å². The molecule has 0 atom stereocenters. The van der Waals surface area contributed by atoms with Gasteiger partial charge in [-0.3, -0.25) is 19.1 Å². The fraction of sp³-hybridized carbons (Fsp3) is 0.182. The Morgan fingerprint density at radius 3 is 2.57 bits per heavy atom. The molecule has 0 saturated carbocycles. The second kappa shape index (κ2) is 5.34. The van der Waals surface area contributed by atoms with Crippen molar-refractivity contribution in [1.29, 1.82) is 0 Å². The fourth-order valence-corrected chi connectivity index (χ4v) is 3.05. The molecule has 21 heavy (non-hydrogen) atoms. The van der Waals surface area contributed by atoms with Crippen LogP contribution in [0.4, 0.5) is 5.69 Å². The molecule has 0 aliphatic carbocycles. The zero-order valence-electron chi connectivity index (χ0n) is 11.1. The number of halogens is 1. The summed E-state index contributed by atoms with van der Waals surface area (Å²) in [6.07, 6.45) is 3.56. The topological polar surface area (TPSA) is 103 Å². The summed E-state index contributed by atoms with van der Waals surface area (Å²) in [6, 6.07) is 1.40. The number of aryl methyl sites for hydroxylation is 1. The van der Waals surface area contributed by atoms with Crippen LogP contribution in [0.3, 0.4) is 0 Å². The summed E-state index contributed by atoms with van der Waals surface area (Å²) in [6.45, 7) is 0. The lowest BCUT2D eigenvalue weighted by Crippen LogP contribution is -2.40. The van der Waals surface area contributed by atoms with E-state index in [9.17, 15) is 18.0 Å². The third kappa shape index (κ3) is 2.83. The summed E-state index contributed by atoms with van der Waals surface area (Å²) in [4.78, 5) is 26.7. The van der Waals surface area contributed by atoms with Gasteiger partial charge in [-0.15, -0.1) is 0 Å². The van der Waals surface area contributed by atoms with E-state index in [2.05, 4.69) is 9.71 Å². The molecule has 2 heterocycles. The Morgan fingerprint density at radius 2 is 1.95 bits per heavy atom. The lowest BCUT2D eigenvalue weighted by molar-refractivity contribution is 0.589. The van der Waals surface area contributed by atoms with Crippen molar-refractivity contribution in [2.24, 2.45) is 14.1 Å². The lowest BCUT2D eigenvalue weighted by atomic mass is 10.4. The molecule has 112 valence electrons. The van der Waals surface area contributed by atoms with Gasteiger partial charge >= 0.3 is 5.69 Å². The second-order valence-electron chi connectivity index (χ2n) is 4.21. The smallest absolute Gasteiger partial charge is 0.302 e. The van der Waals surface area contributed by atoms with Crippen molar-refractivity contribution in [2.45, 2.75) is 4.90 Å². The largest absolute Gasteiger partial charge is 0.330 e. The highest BCUT2D eigenvalue weighted by Crippen LogP contribution is 2.21. The first-order chi connectivity index (χ1) is 9.74. The molecule has 0 bridgehead atoms. The van der Waals surface area contributed by atoms with Crippen LogP contribution in [0.25, 0.3) is 0 Å². The lowest BCUT2D eigenvalue weighted by Gasteiger charge is -2.10. The van der Waals surface area contributed by atoms with Gasteiger partial charge in [0.1, 0.15) is 0 Å². The summed E-state index contributed by atoms with van der Waals surface area (Å²) in [5.41, 5.74) is -1.51. The highest BCUT2D eigenvalue weighted by atomic mass is 35.5. The second-order valence-corrected chi connectivity index (χ2v) is 6.27. The standard InChI is InChI=1S/C11H11ClN4O4S/c1-15-6-9(10(17)16(2)11(15)18)21(19,20)14-8-5-13-4-3-7(8)12/h3-6,14H,1-2H3. The SMILES string of the molecule is Cn1cc(S(=O)(=O)Nc2cnccc2Cl)c(=O)n(C)c1=O. The van der Waals surface area contributed by atoms with E-state index < -0.39 is 26.2 Å². The molecule has 1 N–H and O–H groups in total. The summed E-state index contributed by atoms with van der Waals surface area (Å²) in [5.74, 6) is 0. The van der Waals surface area contributed by atoms with E-state index in [4.69, 9.17) is 11.6 Å². The van der Waals surface area contributed by atoms with Crippen LogP contribution >= 0.6 is 11.6 Å². The number of hydrogen-bond donors (Lipinski definition) is 1. The minimum Gasteiger partial charge on any atom is -0.302 e. The third-order valence-corrected chi connectivity index (χ3v) is 4.39. The molecule has 0 saturated heterocycles. The summed E-state index contributed by atoms with van der Waals surface area (Å²) in [5, 5.41) is 0.134. The molecule has 2 aromatic heterocycles. The van der Waals surface area contributed by atoms with E-state index in [-0.39, 0.29) is 10.7 Å². The molecule has 2 aromatic rings. The van der Waals surface area contributed by atoms with Crippen molar-refractivity contribution >= 4 is 27.3 Å². The Hall–Kier alpha value is -2.13. The molecule has 0 aromatic carbocycles. The average molecular weight is 331 g/mol. The zero-order chi connectivity index (χ0) is 15.8. The van der Waals surface area contributed by atoms with E-state index in [1.54, 1.807) is 0 Å². The highest BCUT2D eigenvalue weighted by Gasteiger charge is 2.22. The Balaban J connectivity index is 2.59. The Kier molecular flexibility index (Phi) is 3.88. The van der Waals surface area contributed by atoms with Crippen molar-refractivity contribution in [1.82, 2.24) is 14.1 Å². The van der Waals surface area contributed by atoms with Gasteiger partial charge in [-0.1, -0.05) is 11.6 Å². The van der Waals surface area contributed by atoms with Crippen LogP contribution in [-0.4, -0.2) is 22.5 Å². The molecule has 0 spiro atoms. The number of hydrogen-bond acceptors (Lipinski definition) is 5. The van der Waals surface area contributed by atoms with Crippen LogP contribution in [0, 0.1) is 0 Å². The molecular formula is C11H11ClN4O4S. The molecule has 0 aliphatic heterocycles. The quantitative estimate of drug-likeness (QED) is 0.848. The Labute approximate surface area is 124 Å². The van der Waals surface area contributed by atoms with Crippen molar-refractivity contribution in [2.75, 3.05) is 4.72 Å². The molecule has 0 radical (unpaired) electrons. The van der Waals surface area contributed by atoms with Crippen LogP contribution in [0.1, 0.15) is 0 Å². The van der Waals surface area contributed by atoms with E-state index in [1.165, 1.54) is 32.6 Å². The van der Waals surface area contributed by atoms with Crippen LogP contribution in [0.2, 0.25) is 5.02 Å². The van der Waals surface area contributed by atoms with Gasteiger partial charge in [0.2, 0.25) is 0 Å². The van der Waals surface area contributed by atoms with Gasteiger partial charge in [0.05, 0.1) is 16.9 Å². The number of sulfonamides is 1. The van der Waals surface area contributed by atoms with Gasteiger partial charge in [-0.05, 0) is 6.07 Å². The predicted molar refractivity (Wildman–Crippen MR) is 77.0 cm³/mol. The summed E-state index contributed by atoms with van der Waals surface area (Å²) >= 11 is 5.84. The van der Waals surface area contributed by atoms with Crippen LogP contribution in [0.15, 0.2) is 39.1 Å². The first-order valence-electron chi connectivity index (χ1n) is 5.63. The molecule has 8 nitrogen and oxygen atoms in total. The number of rotatable bonds is 3. The third-order valence-electron chi connectivity index (χ3n) is 2.72. The molecule has 0 fully saturated rings. The summed E-state index contributed by atoms with van der Waals surface area (Å²) in [7, 11) is -1.66. The molecule has 0 aliphatic rings. The summed E-state index contributed by atoms with van der Waals surface area (Å²) < 4.78 is 28.4. The zero-order valence-corrected chi connectivity index (χ0v) is 12.6. The number of pyridine rings is 1. The van der Waals surface area contributed by atoms with Crippen molar-refractivity contribution in [3.05, 3.63) is 50.5 Å². The molecule has 10 heteroatoms. The van der Waals surface area contributed by atoms with E-state index in [1.807, 2.05) is 0 Å². The highest BCUT2D eigenvalue weighted by molar-refractivity contribution is 7.92. The van der Waals surface area contributed by atoms with Crippen molar-refractivity contribution in [3.63, 3.8) is 0 Å². The molecule has 2 rings (SSSR count). The van der Waals surface area contributed by atoms with E-state index >= 15 is 0 Å². The Morgan fingerprint density at radius 1 is 1.29 bits per heavy atom. The van der Waals surface area contributed by atoms with Gasteiger partial charge in [0.25, 0.3) is 15.6 Å². The normalized spacial score (nSPS) is 11.4. The fourth-order valence-electron chi connectivity index (χ4n) is 1.61. The number of anilines is 1. The maximum atomic E-state index is 12.3. The van der Waals surface area contributed by atoms with Gasteiger partial charge in [0, 0.05) is 26.5 Å². The first-order valence-corrected chi connectivity index (χ1v) is 7.49. The van der Waals surface area contributed by atoms with E-state index in [0.717, 1.165) is 10.8 Å². The monoisotopic (exact) mass is 330 g/mol. The van der Waals surface area contributed by atoms with Crippen LogP contribution < -0.4 is 16.0 Å². The van der Waals surface area contributed by atoms with Crippen LogP contribution in [-0.2, 0) is 24.1 Å². The maximum absolute atomic E-state index is 12.3. The van der Waals surface area contributed by atoms with Crippen molar-refractivity contribution < 1.29 is 8.42 Å². The minimum absolute atomic E-state index is 0.0371. The van der Waals surface area contributed by atoms with Crippen molar-refractivity contribution in [3.8, 4) is 0 Å². The van der Waals surface area contributed by atoms with Gasteiger partial charge < -0.3 is 4.57 Å². The average Bonchev–Trinajstić information content (AvgIpc) is 2.42. The van der Waals surface area contributed by atoms with E-state index in [0.29, 0.717) is 4.57 Å². The minimum atomic E-state index is -4.20. The van der Waals surface area contributed by atoms with Gasteiger partial charge in [0.15, 0.2) is 4.90 Å². The van der Waals surface area contributed by atoms with Gasteiger partial charge in [-0.2, -0.15) is 0 Å². The Bertz CT molecular complexity index is 917. The molecule has 0 unspecified atom stereocenters. The number of aromatic nitrogens is 3. The number of nitrogens with one attached hydrogen (secondary N) is 1. The molecule has 0 amide bonds. The first kappa shape index (κ1) is 15.3. The van der Waals surface area contributed by atoms with Crippen LogP contribution in [0.5, 0.6) is 0 Å². The maximum Gasteiger partial charge on any atom is 0.330 e.